The molecule has 0 aliphatic carbocycles. The van der Waals surface area contributed by atoms with E-state index in [4.69, 9.17) is 8.94 Å². The van der Waals surface area contributed by atoms with Gasteiger partial charge in [-0.05, 0) is 36.8 Å². The second-order valence-electron chi connectivity index (χ2n) is 5.73. The van der Waals surface area contributed by atoms with Crippen LogP contribution in [-0.2, 0) is 11.2 Å². The number of hydrogen-bond acceptors (Lipinski definition) is 6. The summed E-state index contributed by atoms with van der Waals surface area (Å²) in [7, 11) is 0. The molecule has 3 aromatic rings. The topological polar surface area (TPSA) is 90.4 Å². The van der Waals surface area contributed by atoms with Crippen molar-refractivity contribution in [2.24, 2.45) is 0 Å². The predicted molar refractivity (Wildman–Crippen MR) is 90.0 cm³/mol. The van der Waals surface area contributed by atoms with Crippen LogP contribution in [0.1, 0.15) is 30.8 Å². The Balaban J connectivity index is 1.48. The van der Waals surface area contributed by atoms with Gasteiger partial charge in [-0.15, -0.1) is 0 Å². The van der Waals surface area contributed by atoms with Gasteiger partial charge in [-0.25, -0.2) is 0 Å². The van der Waals surface area contributed by atoms with E-state index in [9.17, 15) is 13.6 Å². The van der Waals surface area contributed by atoms with Crippen LogP contribution in [0.25, 0.3) is 11.6 Å². The highest BCUT2D eigenvalue weighted by Gasteiger charge is 2.14. The second-order valence-corrected chi connectivity index (χ2v) is 5.73. The van der Waals surface area contributed by atoms with Gasteiger partial charge in [0.1, 0.15) is 5.75 Å². The van der Waals surface area contributed by atoms with Gasteiger partial charge in [0.2, 0.25) is 17.6 Å². The van der Waals surface area contributed by atoms with Crippen LogP contribution in [0.3, 0.4) is 0 Å². The Kier molecular flexibility index (Phi) is 5.80. The van der Waals surface area contributed by atoms with Gasteiger partial charge in [-0.1, -0.05) is 17.3 Å². The predicted octanol–water partition coefficient (Wildman–Crippen LogP) is 3.74. The number of amides is 1. The average molecular weight is 377 g/mol. The van der Waals surface area contributed by atoms with Crippen molar-refractivity contribution in [2.75, 3.05) is 0 Å². The summed E-state index contributed by atoms with van der Waals surface area (Å²) in [6.07, 6.45) is 1.95. The summed E-state index contributed by atoms with van der Waals surface area (Å²) in [5.74, 6) is 1.01. The summed E-state index contributed by atoms with van der Waals surface area (Å²) in [6, 6.07) is 9.23. The molecule has 0 bridgehead atoms. The number of rotatable bonds is 8. The fourth-order valence-corrected chi connectivity index (χ4v) is 2.42. The van der Waals surface area contributed by atoms with Crippen molar-refractivity contribution >= 4 is 5.91 Å². The zero-order valence-electron chi connectivity index (χ0n) is 14.4. The number of aryl methyl sites for hydroxylation is 1. The molecule has 1 atom stereocenters. The molecule has 0 aliphatic rings. The lowest BCUT2D eigenvalue weighted by molar-refractivity contribution is -0.121. The summed E-state index contributed by atoms with van der Waals surface area (Å²) in [4.78, 5) is 16.3. The van der Waals surface area contributed by atoms with E-state index >= 15 is 0 Å². The molecule has 0 saturated carbocycles. The molecule has 3 rings (SSSR count). The molecule has 0 saturated heterocycles. The fraction of sp³-hybridized carbons (Fsp3) is 0.278. The third-order valence-electron chi connectivity index (χ3n) is 3.76. The van der Waals surface area contributed by atoms with E-state index in [1.807, 2.05) is 0 Å². The lowest BCUT2D eigenvalue weighted by atomic mass is 10.1. The molecule has 1 N–H and O–H groups in total. The Morgan fingerprint density at radius 3 is 2.70 bits per heavy atom. The van der Waals surface area contributed by atoms with Crippen molar-refractivity contribution in [3.8, 4) is 17.3 Å². The van der Waals surface area contributed by atoms with Crippen molar-refractivity contribution in [3.63, 3.8) is 0 Å². The number of hydrogen-bond donors (Lipinski definition) is 1. The molecule has 1 unspecified atom stereocenters. The number of carbonyl (C=O) groups excluding carboxylic acids is 1. The number of benzene rings is 1. The molecular formula is C18H17F2N3O4. The molecule has 142 valence electrons. The highest BCUT2D eigenvalue weighted by Crippen LogP contribution is 2.20. The molecule has 9 heteroatoms. The van der Waals surface area contributed by atoms with Crippen LogP contribution in [0.15, 0.2) is 51.6 Å². The lowest BCUT2D eigenvalue weighted by Gasteiger charge is -2.14. The Morgan fingerprint density at radius 2 is 2.04 bits per heavy atom. The molecule has 2 heterocycles. The number of aromatic nitrogens is 2. The third-order valence-corrected chi connectivity index (χ3v) is 3.76. The van der Waals surface area contributed by atoms with Crippen molar-refractivity contribution in [1.82, 2.24) is 15.5 Å². The Labute approximate surface area is 153 Å². The van der Waals surface area contributed by atoms with Crippen molar-refractivity contribution in [3.05, 3.63) is 54.1 Å². The number of ether oxygens (including phenoxy) is 1. The van der Waals surface area contributed by atoms with Crippen LogP contribution in [0.5, 0.6) is 5.75 Å². The van der Waals surface area contributed by atoms with Crippen molar-refractivity contribution in [1.29, 1.82) is 0 Å². The molecule has 7 nitrogen and oxygen atoms in total. The van der Waals surface area contributed by atoms with E-state index in [0.29, 0.717) is 17.5 Å². The molecule has 0 fully saturated rings. The van der Waals surface area contributed by atoms with Gasteiger partial charge in [0.05, 0.1) is 12.3 Å². The largest absolute Gasteiger partial charge is 0.461 e. The van der Waals surface area contributed by atoms with E-state index in [0.717, 1.165) is 5.56 Å². The molecule has 2 aromatic heterocycles. The van der Waals surface area contributed by atoms with Crippen LogP contribution >= 0.6 is 0 Å². The summed E-state index contributed by atoms with van der Waals surface area (Å²) < 4.78 is 38.9. The molecule has 1 aromatic carbocycles. The van der Waals surface area contributed by atoms with Gasteiger partial charge < -0.3 is 19.0 Å². The first-order valence-electron chi connectivity index (χ1n) is 8.22. The first kappa shape index (κ1) is 18.6. The van der Waals surface area contributed by atoms with Crippen molar-refractivity contribution < 1.29 is 27.3 Å². The minimum absolute atomic E-state index is 0.0658. The molecule has 1 amide bonds. The molecule has 27 heavy (non-hydrogen) atoms. The number of halogens is 2. The van der Waals surface area contributed by atoms with Gasteiger partial charge in [-0.3, -0.25) is 4.79 Å². The van der Waals surface area contributed by atoms with Gasteiger partial charge >= 0.3 is 6.61 Å². The van der Waals surface area contributed by atoms with E-state index < -0.39 is 6.61 Å². The van der Waals surface area contributed by atoms with Crippen molar-refractivity contribution in [2.45, 2.75) is 32.4 Å². The normalized spacial score (nSPS) is 12.1. The minimum atomic E-state index is -2.87. The lowest BCUT2D eigenvalue weighted by Crippen LogP contribution is -2.26. The maximum atomic E-state index is 12.2. The van der Waals surface area contributed by atoms with Crippen LogP contribution < -0.4 is 10.1 Å². The molecular weight excluding hydrogens is 360 g/mol. The van der Waals surface area contributed by atoms with Gasteiger partial charge in [0.15, 0.2) is 5.76 Å². The van der Waals surface area contributed by atoms with Gasteiger partial charge in [0.25, 0.3) is 0 Å². The number of nitrogens with one attached hydrogen (secondary N) is 1. The quantitative estimate of drug-likeness (QED) is 0.643. The first-order valence-corrected chi connectivity index (χ1v) is 8.22. The van der Waals surface area contributed by atoms with Gasteiger partial charge in [-0.2, -0.15) is 13.8 Å². The van der Waals surface area contributed by atoms with Crippen LogP contribution in [-0.4, -0.2) is 22.7 Å². The minimum Gasteiger partial charge on any atom is -0.461 e. The van der Waals surface area contributed by atoms with E-state index in [1.165, 1.54) is 18.4 Å². The Bertz CT molecular complexity index is 863. The smallest absolute Gasteiger partial charge is 0.387 e. The summed E-state index contributed by atoms with van der Waals surface area (Å²) in [5, 5.41) is 6.62. The summed E-state index contributed by atoms with van der Waals surface area (Å²) in [5.41, 5.74) is 0.767. The zero-order valence-corrected chi connectivity index (χ0v) is 14.4. The Hall–Kier alpha value is -3.23. The van der Waals surface area contributed by atoms with E-state index in [1.54, 1.807) is 31.2 Å². The van der Waals surface area contributed by atoms with Crippen LogP contribution in [0.4, 0.5) is 8.78 Å². The number of nitrogens with zero attached hydrogens (tertiary/aromatic N) is 2. The maximum Gasteiger partial charge on any atom is 0.387 e. The highest BCUT2D eigenvalue weighted by atomic mass is 19.3. The highest BCUT2D eigenvalue weighted by molar-refractivity contribution is 5.76. The first-order chi connectivity index (χ1) is 13.0. The molecule has 0 spiro atoms. The SMILES string of the molecule is CC(NC(=O)CCc1nc(-c2ccco2)no1)c1ccc(OC(F)F)cc1. The summed E-state index contributed by atoms with van der Waals surface area (Å²) in [6.45, 7) is -1.08. The third kappa shape index (κ3) is 5.13. The number of carbonyl (C=O) groups is 1. The Morgan fingerprint density at radius 1 is 1.26 bits per heavy atom. The number of furan rings is 1. The van der Waals surface area contributed by atoms with Crippen LogP contribution in [0.2, 0.25) is 0 Å². The van der Waals surface area contributed by atoms with E-state index in [2.05, 4.69) is 20.2 Å². The maximum absolute atomic E-state index is 12.2. The number of alkyl halides is 2. The zero-order chi connectivity index (χ0) is 19.2. The second kappa shape index (κ2) is 8.43. The standard InChI is InChI=1S/C18H17F2N3O4/c1-11(12-4-6-13(7-5-12)26-18(19)20)21-15(24)8-9-16-22-17(23-27-16)14-3-2-10-25-14/h2-7,10-11,18H,8-9H2,1H3,(H,21,24). The van der Waals surface area contributed by atoms with Gasteiger partial charge in [0, 0.05) is 12.8 Å². The van der Waals surface area contributed by atoms with E-state index in [-0.39, 0.29) is 30.5 Å². The molecule has 0 aliphatic heterocycles. The monoisotopic (exact) mass is 377 g/mol. The average Bonchev–Trinajstić information content (AvgIpc) is 3.31. The molecule has 0 radical (unpaired) electrons. The van der Waals surface area contributed by atoms with Crippen LogP contribution in [0, 0.1) is 0 Å². The summed E-state index contributed by atoms with van der Waals surface area (Å²) >= 11 is 0. The fourth-order valence-electron chi connectivity index (χ4n) is 2.42.